The fraction of sp³-hybridized carbons (Fsp3) is 0. The van der Waals surface area contributed by atoms with E-state index in [4.69, 9.17) is 0 Å². The van der Waals surface area contributed by atoms with Crippen LogP contribution in [0.25, 0.3) is 76.8 Å². The molecule has 0 aliphatic heterocycles. The summed E-state index contributed by atoms with van der Waals surface area (Å²) in [7, 11) is 0. The summed E-state index contributed by atoms with van der Waals surface area (Å²) in [5, 5.41) is 7.49. The molecule has 0 aliphatic rings. The molecule has 2 heteroatoms. The zero-order valence-electron chi connectivity index (χ0n) is 22.9. The molecule has 0 spiro atoms. The molecule has 0 unspecified atom stereocenters. The van der Waals surface area contributed by atoms with E-state index in [1.165, 1.54) is 54.6 Å². The normalized spacial score (nSPS) is 11.3. The van der Waals surface area contributed by atoms with Crippen molar-refractivity contribution >= 4 is 32.3 Å². The van der Waals surface area contributed by atoms with Crippen LogP contribution in [0.4, 0.5) is 0 Å². The van der Waals surface area contributed by atoms with Crippen LogP contribution in [-0.2, 0) is 0 Å². The van der Waals surface area contributed by atoms with Crippen LogP contribution in [0.1, 0.15) is 0 Å². The minimum atomic E-state index is 1.08. The first-order valence-electron chi connectivity index (χ1n) is 14.2. The van der Waals surface area contributed by atoms with Crippen molar-refractivity contribution in [3.8, 4) is 44.5 Å². The fourth-order valence-electron chi connectivity index (χ4n) is 6.55. The summed E-state index contributed by atoms with van der Waals surface area (Å²) in [5.41, 5.74) is 9.23. The highest BCUT2D eigenvalue weighted by Gasteiger charge is 2.26. The summed E-state index contributed by atoms with van der Waals surface area (Å²) < 4.78 is 0. The van der Waals surface area contributed by atoms with Gasteiger partial charge in [0.15, 0.2) is 0 Å². The van der Waals surface area contributed by atoms with E-state index in [1.807, 2.05) is 36.9 Å². The van der Waals surface area contributed by atoms with E-state index in [2.05, 4.69) is 131 Å². The third kappa shape index (κ3) is 3.81. The Morgan fingerprint density at radius 2 is 0.643 bits per heavy atom. The molecule has 0 aliphatic carbocycles. The first kappa shape index (κ1) is 24.2. The fourth-order valence-corrected chi connectivity index (χ4v) is 6.55. The Hall–Kier alpha value is -5.60. The first-order valence-corrected chi connectivity index (χ1v) is 14.2. The monoisotopic (exact) mass is 534 g/mol. The predicted octanol–water partition coefficient (Wildman–Crippen LogP) is 10.6. The van der Waals surface area contributed by atoms with Gasteiger partial charge in [-0.3, -0.25) is 9.97 Å². The molecule has 42 heavy (non-hydrogen) atoms. The molecule has 0 fully saturated rings. The van der Waals surface area contributed by atoms with Crippen molar-refractivity contribution < 1.29 is 0 Å². The molecule has 0 N–H and O–H groups in total. The first-order chi connectivity index (χ1) is 20.9. The van der Waals surface area contributed by atoms with Gasteiger partial charge in [-0.2, -0.15) is 0 Å². The van der Waals surface area contributed by atoms with Crippen molar-refractivity contribution in [2.75, 3.05) is 0 Å². The lowest BCUT2D eigenvalue weighted by Crippen LogP contribution is -1.99. The third-order valence-corrected chi connectivity index (χ3v) is 8.21. The maximum atomic E-state index is 4.61. The Morgan fingerprint density at radius 1 is 0.286 bits per heavy atom. The molecule has 0 atom stereocenters. The van der Waals surface area contributed by atoms with Gasteiger partial charge in [0.2, 0.25) is 0 Å². The van der Waals surface area contributed by atoms with Gasteiger partial charge in [-0.05, 0) is 66.7 Å². The number of hydrogen-bond donors (Lipinski definition) is 0. The van der Waals surface area contributed by atoms with Crippen molar-refractivity contribution in [3.63, 3.8) is 0 Å². The molecule has 2 heterocycles. The molecule has 2 aromatic heterocycles. The van der Waals surface area contributed by atoms with E-state index in [9.17, 15) is 0 Å². The molecule has 0 bridgehead atoms. The second-order valence-electron chi connectivity index (χ2n) is 10.6. The highest BCUT2D eigenvalue weighted by molar-refractivity contribution is 6.35. The number of hydrogen-bond acceptors (Lipinski definition) is 2. The molecule has 0 radical (unpaired) electrons. The van der Waals surface area contributed by atoms with E-state index in [0.29, 0.717) is 0 Å². The van der Waals surface area contributed by atoms with Crippen LogP contribution >= 0.6 is 0 Å². The van der Waals surface area contributed by atoms with Crippen LogP contribution in [0.5, 0.6) is 0 Å². The van der Waals surface area contributed by atoms with Crippen molar-refractivity contribution in [2.45, 2.75) is 0 Å². The highest BCUT2D eigenvalue weighted by Crippen LogP contribution is 2.54. The molecule has 6 aromatic carbocycles. The second-order valence-corrected chi connectivity index (χ2v) is 10.6. The predicted molar refractivity (Wildman–Crippen MR) is 176 cm³/mol. The molecule has 8 aromatic rings. The summed E-state index contributed by atoms with van der Waals surface area (Å²) in [5.74, 6) is 0. The lowest BCUT2D eigenvalue weighted by molar-refractivity contribution is 1.32. The van der Waals surface area contributed by atoms with Gasteiger partial charge in [-0.25, -0.2) is 0 Å². The summed E-state index contributed by atoms with van der Waals surface area (Å²) in [6.45, 7) is 0. The van der Waals surface area contributed by atoms with Crippen LogP contribution in [-0.4, -0.2) is 9.97 Å². The standard InChI is InChI=1S/C40H26N2/c1-3-13-27(14-4-1)35-37(29-17-11-23-41-25-29)38(30-18-12-24-42-26-30)36(28-15-5-2-6-16-28)40-34-22-10-8-20-32(34)31-19-7-9-21-33(31)39(35)40/h1-26H. The van der Waals surface area contributed by atoms with E-state index < -0.39 is 0 Å². The summed E-state index contributed by atoms with van der Waals surface area (Å²) in [6, 6.07) is 47.7. The minimum Gasteiger partial charge on any atom is -0.264 e. The topological polar surface area (TPSA) is 25.8 Å². The largest absolute Gasteiger partial charge is 0.264 e. The Bertz CT molecular complexity index is 2050. The van der Waals surface area contributed by atoms with Crippen molar-refractivity contribution in [1.82, 2.24) is 9.97 Å². The van der Waals surface area contributed by atoms with Crippen LogP contribution in [0.2, 0.25) is 0 Å². The quantitative estimate of drug-likeness (QED) is 0.210. The van der Waals surface area contributed by atoms with Gasteiger partial charge in [-0.15, -0.1) is 0 Å². The van der Waals surface area contributed by atoms with Gasteiger partial charge in [0, 0.05) is 47.0 Å². The molecule has 2 nitrogen and oxygen atoms in total. The summed E-state index contributed by atoms with van der Waals surface area (Å²) >= 11 is 0. The maximum Gasteiger partial charge on any atom is 0.0346 e. The van der Waals surface area contributed by atoms with E-state index in [-0.39, 0.29) is 0 Å². The van der Waals surface area contributed by atoms with Crippen molar-refractivity contribution in [1.29, 1.82) is 0 Å². The smallest absolute Gasteiger partial charge is 0.0346 e. The van der Waals surface area contributed by atoms with Gasteiger partial charge in [0.1, 0.15) is 0 Å². The molecule has 0 amide bonds. The Morgan fingerprint density at radius 3 is 1.02 bits per heavy atom. The zero-order chi connectivity index (χ0) is 27.9. The molecule has 0 saturated carbocycles. The average molecular weight is 535 g/mol. The Labute approximate surface area is 244 Å². The zero-order valence-corrected chi connectivity index (χ0v) is 22.9. The molecular weight excluding hydrogens is 508 g/mol. The second kappa shape index (κ2) is 10.1. The van der Waals surface area contributed by atoms with Crippen LogP contribution < -0.4 is 0 Å². The average Bonchev–Trinajstić information content (AvgIpc) is 3.09. The van der Waals surface area contributed by atoms with Gasteiger partial charge in [0.25, 0.3) is 0 Å². The van der Waals surface area contributed by atoms with Crippen LogP contribution in [0.15, 0.2) is 158 Å². The Kier molecular flexibility index (Phi) is 5.82. The van der Waals surface area contributed by atoms with Gasteiger partial charge in [-0.1, -0.05) is 121 Å². The van der Waals surface area contributed by atoms with Gasteiger partial charge < -0.3 is 0 Å². The maximum absolute atomic E-state index is 4.61. The van der Waals surface area contributed by atoms with E-state index in [1.54, 1.807) is 0 Å². The number of benzene rings is 6. The van der Waals surface area contributed by atoms with E-state index >= 15 is 0 Å². The van der Waals surface area contributed by atoms with E-state index in [0.717, 1.165) is 22.3 Å². The molecule has 196 valence electrons. The molecule has 8 rings (SSSR count). The minimum absolute atomic E-state index is 1.08. The number of aromatic nitrogens is 2. The van der Waals surface area contributed by atoms with Crippen LogP contribution in [0, 0.1) is 0 Å². The van der Waals surface area contributed by atoms with Crippen LogP contribution in [0.3, 0.4) is 0 Å². The number of nitrogens with zero attached hydrogens (tertiary/aromatic N) is 2. The summed E-state index contributed by atoms with van der Waals surface area (Å²) in [6.07, 6.45) is 7.67. The van der Waals surface area contributed by atoms with Crippen molar-refractivity contribution in [3.05, 3.63) is 158 Å². The Balaban J connectivity index is 1.78. The van der Waals surface area contributed by atoms with Gasteiger partial charge >= 0.3 is 0 Å². The highest BCUT2D eigenvalue weighted by atomic mass is 14.6. The van der Waals surface area contributed by atoms with Gasteiger partial charge in [0.05, 0.1) is 0 Å². The van der Waals surface area contributed by atoms with Crippen molar-refractivity contribution in [2.24, 2.45) is 0 Å². The lowest BCUT2D eigenvalue weighted by Gasteiger charge is -2.26. The number of rotatable bonds is 4. The number of pyridine rings is 2. The number of fused-ring (bicyclic) bond motifs is 6. The third-order valence-electron chi connectivity index (χ3n) is 8.21. The summed E-state index contributed by atoms with van der Waals surface area (Å²) in [4.78, 5) is 9.22. The lowest BCUT2D eigenvalue weighted by atomic mass is 9.77. The molecular formula is C40H26N2. The SMILES string of the molecule is c1ccc(-c2c(-c3cccnc3)c(-c3cccnc3)c(-c3ccccc3)c3c4ccccc4c4ccccc4c23)cc1. The molecule has 0 saturated heterocycles.